The van der Waals surface area contributed by atoms with E-state index < -0.39 is 43.4 Å². The van der Waals surface area contributed by atoms with Crippen LogP contribution in [-0.4, -0.2) is 52.0 Å². The van der Waals surface area contributed by atoms with E-state index in [2.05, 4.69) is 19.0 Å². The second-order valence-corrected chi connectivity index (χ2v) is 6.12. The highest BCUT2D eigenvalue weighted by molar-refractivity contribution is 7.67. The zero-order valence-corrected chi connectivity index (χ0v) is 11.0. The van der Waals surface area contributed by atoms with Gasteiger partial charge in [-0.15, -0.1) is 12.3 Å². The van der Waals surface area contributed by atoms with Crippen LogP contribution < -0.4 is 0 Å². The molecule has 0 aliphatic carbocycles. The van der Waals surface area contributed by atoms with E-state index in [1.54, 1.807) is 5.92 Å². The second-order valence-electron chi connectivity index (χ2n) is 3.73. The molecule has 2 unspecified atom stereocenters. The van der Waals surface area contributed by atoms with Crippen LogP contribution in [0.5, 0.6) is 0 Å². The van der Waals surface area contributed by atoms with Crippen molar-refractivity contribution < 1.29 is 48.5 Å². The summed E-state index contributed by atoms with van der Waals surface area (Å²) in [4.78, 5) is 30.0. The highest BCUT2D eigenvalue weighted by Gasteiger charge is 2.75. The molecule has 11 heteroatoms. The molecule has 2 atom stereocenters. The third-order valence-electron chi connectivity index (χ3n) is 2.14. The van der Waals surface area contributed by atoms with Gasteiger partial charge in [0, 0.05) is 7.11 Å². The van der Waals surface area contributed by atoms with Gasteiger partial charge in [-0.05, 0) is 0 Å². The molecule has 1 heterocycles. The monoisotopic (exact) mass is 310 g/mol. The van der Waals surface area contributed by atoms with E-state index in [9.17, 15) is 19.3 Å². The molecule has 1 aliphatic heterocycles. The first-order valence-corrected chi connectivity index (χ1v) is 6.77. The quantitative estimate of drug-likeness (QED) is 0.133. The maximum atomic E-state index is 11.6. The molecule has 1 fully saturated rings. The standard InChI is InChI=1S/C9H11O10P/c1-3-4-8(12,13)6(10)17-18-7(11)9(14)19-20(9,15)5-16-2/h1,12-14H,4-5H2,2H3. The van der Waals surface area contributed by atoms with Crippen LogP contribution in [-0.2, 0) is 33.2 Å². The van der Waals surface area contributed by atoms with Crippen LogP contribution in [0.4, 0.5) is 0 Å². The molecular formula is C9H11O10P. The smallest absolute Gasteiger partial charge is 0.374 e. The lowest BCUT2D eigenvalue weighted by Gasteiger charge is -2.15. The summed E-state index contributed by atoms with van der Waals surface area (Å²) in [6.07, 6.45) is 3.37. The zero-order valence-electron chi connectivity index (χ0n) is 10.1. The highest BCUT2D eigenvalue weighted by Crippen LogP contribution is 2.76. The number of terminal acetylenes is 1. The molecule has 0 aromatic rings. The van der Waals surface area contributed by atoms with Crippen molar-refractivity contribution in [1.82, 2.24) is 0 Å². The molecule has 1 saturated heterocycles. The van der Waals surface area contributed by atoms with Crippen molar-refractivity contribution in [2.24, 2.45) is 0 Å². The second kappa shape index (κ2) is 5.49. The number of methoxy groups -OCH3 is 1. The third kappa shape index (κ3) is 2.99. The van der Waals surface area contributed by atoms with Crippen molar-refractivity contribution in [2.45, 2.75) is 17.7 Å². The van der Waals surface area contributed by atoms with Crippen molar-refractivity contribution in [2.75, 3.05) is 13.5 Å². The van der Waals surface area contributed by atoms with Gasteiger partial charge in [0.1, 0.15) is 6.35 Å². The summed E-state index contributed by atoms with van der Waals surface area (Å²) in [6, 6.07) is 0. The number of hydrogen-bond acceptors (Lipinski definition) is 10. The Balaban J connectivity index is 2.56. The molecule has 0 amide bonds. The van der Waals surface area contributed by atoms with Gasteiger partial charge in [0.25, 0.3) is 5.79 Å². The van der Waals surface area contributed by atoms with Crippen molar-refractivity contribution in [3.05, 3.63) is 0 Å². The lowest BCUT2D eigenvalue weighted by atomic mass is 10.2. The summed E-state index contributed by atoms with van der Waals surface area (Å²) in [5.41, 5.74) is -2.79. The Hall–Kier alpha value is -1.47. The normalized spacial score (nSPS) is 28.4. The molecule has 1 aliphatic rings. The van der Waals surface area contributed by atoms with Gasteiger partial charge in [0.05, 0.1) is 6.42 Å². The van der Waals surface area contributed by atoms with Crippen LogP contribution >= 0.6 is 7.37 Å². The lowest BCUT2D eigenvalue weighted by Crippen LogP contribution is -2.40. The van der Waals surface area contributed by atoms with Gasteiger partial charge in [-0.1, -0.05) is 0 Å². The SMILES string of the molecule is C#CCC(O)(O)C(=O)OOC(=O)C1(O)OP1(=O)COC. The average molecular weight is 310 g/mol. The minimum atomic E-state index is -3.80. The molecule has 0 aromatic carbocycles. The van der Waals surface area contributed by atoms with Crippen molar-refractivity contribution >= 4 is 19.3 Å². The predicted octanol–water partition coefficient (Wildman–Crippen LogP) is -1.75. The molecular weight excluding hydrogens is 299 g/mol. The summed E-state index contributed by atoms with van der Waals surface area (Å²) in [5, 5.41) is 27.6. The van der Waals surface area contributed by atoms with Crippen LogP contribution in [0.15, 0.2) is 0 Å². The molecule has 112 valence electrons. The Morgan fingerprint density at radius 2 is 2.05 bits per heavy atom. The van der Waals surface area contributed by atoms with Gasteiger partial charge >= 0.3 is 24.8 Å². The van der Waals surface area contributed by atoms with Crippen molar-refractivity contribution in [3.63, 3.8) is 0 Å². The summed E-state index contributed by atoms with van der Waals surface area (Å²) in [7, 11) is -2.65. The molecule has 0 spiro atoms. The van der Waals surface area contributed by atoms with Crippen molar-refractivity contribution in [3.8, 4) is 12.3 Å². The molecule has 3 N–H and O–H groups in total. The number of ether oxygens (including phenoxy) is 1. The number of rotatable bonds is 5. The maximum absolute atomic E-state index is 11.6. The Kier molecular flexibility index (Phi) is 4.55. The Morgan fingerprint density at radius 3 is 2.55 bits per heavy atom. The molecule has 0 radical (unpaired) electrons. The topological polar surface area (TPSA) is 152 Å². The first-order chi connectivity index (χ1) is 9.13. The van der Waals surface area contributed by atoms with E-state index in [-0.39, 0.29) is 0 Å². The van der Waals surface area contributed by atoms with Crippen molar-refractivity contribution in [1.29, 1.82) is 0 Å². The van der Waals surface area contributed by atoms with E-state index in [4.69, 9.17) is 16.6 Å². The number of hydrogen-bond donors (Lipinski definition) is 3. The lowest BCUT2D eigenvalue weighted by molar-refractivity contribution is -0.294. The van der Waals surface area contributed by atoms with Crippen LogP contribution in [0.25, 0.3) is 0 Å². The fourth-order valence-corrected chi connectivity index (χ4v) is 2.66. The van der Waals surface area contributed by atoms with E-state index in [1.165, 1.54) is 0 Å². The summed E-state index contributed by atoms with van der Waals surface area (Å²) < 4.78 is 20.4. The van der Waals surface area contributed by atoms with Crippen LogP contribution in [0.3, 0.4) is 0 Å². The van der Waals surface area contributed by atoms with E-state index in [0.717, 1.165) is 7.11 Å². The number of carbonyl (C=O) groups is 2. The van der Waals surface area contributed by atoms with Gasteiger partial charge < -0.3 is 20.1 Å². The molecule has 1 rings (SSSR count). The maximum Gasteiger partial charge on any atom is 0.425 e. The fourth-order valence-electron chi connectivity index (χ4n) is 1.06. The molecule has 0 aromatic heterocycles. The first kappa shape index (κ1) is 16.6. The van der Waals surface area contributed by atoms with Gasteiger partial charge in [-0.25, -0.2) is 19.4 Å². The van der Waals surface area contributed by atoms with E-state index in [1.807, 2.05) is 0 Å². The summed E-state index contributed by atoms with van der Waals surface area (Å²) in [5.74, 6) is -4.80. The molecule has 0 saturated carbocycles. The largest absolute Gasteiger partial charge is 0.425 e. The highest BCUT2D eigenvalue weighted by atomic mass is 31.2. The van der Waals surface area contributed by atoms with E-state index in [0.29, 0.717) is 0 Å². The van der Waals surface area contributed by atoms with Gasteiger partial charge in [0.2, 0.25) is 0 Å². The summed E-state index contributed by atoms with van der Waals surface area (Å²) >= 11 is 0. The summed E-state index contributed by atoms with van der Waals surface area (Å²) in [6.45, 7) is 0. The molecule has 0 bridgehead atoms. The van der Waals surface area contributed by atoms with Crippen LogP contribution in [0.1, 0.15) is 6.42 Å². The van der Waals surface area contributed by atoms with Crippen LogP contribution in [0.2, 0.25) is 0 Å². The minimum Gasteiger partial charge on any atom is -0.374 e. The minimum absolute atomic E-state index is 0.562. The fraction of sp³-hybridized carbons (Fsp3) is 0.556. The predicted molar refractivity (Wildman–Crippen MR) is 58.3 cm³/mol. The zero-order chi connectivity index (χ0) is 15.6. The molecule has 20 heavy (non-hydrogen) atoms. The third-order valence-corrected chi connectivity index (χ3v) is 4.33. The number of carbonyl (C=O) groups excluding carboxylic acids is 2. The number of aliphatic hydroxyl groups is 3. The van der Waals surface area contributed by atoms with E-state index >= 15 is 0 Å². The van der Waals surface area contributed by atoms with Gasteiger partial charge in [-0.3, -0.25) is 9.09 Å². The average Bonchev–Trinajstić information content (AvgIpc) is 2.89. The molecule has 10 nitrogen and oxygen atoms in total. The Bertz CT molecular complexity index is 505. The van der Waals surface area contributed by atoms with Gasteiger partial charge in [0.15, 0.2) is 0 Å². The first-order valence-electron chi connectivity index (χ1n) is 4.96. The van der Waals surface area contributed by atoms with Gasteiger partial charge in [-0.2, -0.15) is 0 Å². The van der Waals surface area contributed by atoms with Crippen LogP contribution in [0, 0.1) is 12.3 Å². The Morgan fingerprint density at radius 1 is 1.45 bits per heavy atom. The Labute approximate surface area is 112 Å².